The number of hydrogen-bond donors (Lipinski definition) is 0. The Hall–Kier alpha value is -3.52. The van der Waals surface area contributed by atoms with Crippen LogP contribution in [0.4, 0.5) is 0 Å². The number of carbonyl (C=O) groups excluding carboxylic acids is 1. The summed E-state index contributed by atoms with van der Waals surface area (Å²) in [4.78, 5) is 12.0. The van der Waals surface area contributed by atoms with Crippen LogP contribution in [-0.2, 0) is 4.79 Å². The average Bonchev–Trinajstić information content (AvgIpc) is 2.71. The summed E-state index contributed by atoms with van der Waals surface area (Å²) in [5.41, 5.74) is 2.34. The molecule has 0 fully saturated rings. The van der Waals surface area contributed by atoms with E-state index in [1.54, 1.807) is 36.4 Å². The van der Waals surface area contributed by atoms with Crippen molar-refractivity contribution in [2.75, 3.05) is 6.61 Å². The molecule has 142 valence electrons. The lowest BCUT2D eigenvalue weighted by Crippen LogP contribution is -2.17. The fourth-order valence-electron chi connectivity index (χ4n) is 2.73. The zero-order valence-electron chi connectivity index (χ0n) is 15.9. The molecule has 0 bridgehead atoms. The molecule has 1 atom stereocenters. The Kier molecular flexibility index (Phi) is 5.81. The second-order valence-electron chi connectivity index (χ2n) is 6.54. The van der Waals surface area contributed by atoms with Gasteiger partial charge in [-0.2, -0.15) is 5.26 Å². The number of esters is 1. The van der Waals surface area contributed by atoms with Crippen molar-refractivity contribution in [3.63, 3.8) is 0 Å². The lowest BCUT2D eigenvalue weighted by molar-refractivity contribution is -0.136. The highest BCUT2D eigenvalue weighted by molar-refractivity contribution is 5.74. The minimum absolute atomic E-state index is 0.230. The number of rotatable bonds is 6. The van der Waals surface area contributed by atoms with E-state index in [0.29, 0.717) is 28.7 Å². The van der Waals surface area contributed by atoms with E-state index in [4.69, 9.17) is 19.5 Å². The van der Waals surface area contributed by atoms with Gasteiger partial charge in [0, 0.05) is 11.6 Å². The molecule has 0 aliphatic carbocycles. The third kappa shape index (κ3) is 4.41. The third-order valence-electron chi connectivity index (χ3n) is 4.59. The molecular formula is C23H21NO4. The molecule has 0 radical (unpaired) electrons. The van der Waals surface area contributed by atoms with Crippen LogP contribution in [0.2, 0.25) is 0 Å². The van der Waals surface area contributed by atoms with E-state index in [-0.39, 0.29) is 12.4 Å². The number of benzene rings is 2. The van der Waals surface area contributed by atoms with Gasteiger partial charge in [0.25, 0.3) is 0 Å². The number of hydrogen-bond acceptors (Lipinski definition) is 5. The largest absolute Gasteiger partial charge is 0.482 e. The van der Waals surface area contributed by atoms with Crippen molar-refractivity contribution in [1.82, 2.24) is 0 Å². The molecule has 0 saturated carbocycles. The molecule has 1 heterocycles. The van der Waals surface area contributed by atoms with E-state index in [9.17, 15) is 4.79 Å². The molecule has 5 heteroatoms. The van der Waals surface area contributed by atoms with E-state index in [2.05, 4.69) is 20.4 Å². The molecule has 1 unspecified atom stereocenters. The summed E-state index contributed by atoms with van der Waals surface area (Å²) in [5, 5.41) is 9.03. The molecule has 2 aromatic rings. The van der Waals surface area contributed by atoms with Crippen molar-refractivity contribution in [2.45, 2.75) is 26.2 Å². The first-order chi connectivity index (χ1) is 13.5. The van der Waals surface area contributed by atoms with E-state index < -0.39 is 5.97 Å². The van der Waals surface area contributed by atoms with Crippen molar-refractivity contribution < 1.29 is 19.0 Å². The second-order valence-corrected chi connectivity index (χ2v) is 6.54. The molecule has 3 rings (SSSR count). The van der Waals surface area contributed by atoms with Gasteiger partial charge in [-0.3, -0.25) is 0 Å². The van der Waals surface area contributed by atoms with Gasteiger partial charge >= 0.3 is 5.97 Å². The Morgan fingerprint density at radius 1 is 1.21 bits per heavy atom. The zero-order chi connectivity index (χ0) is 20.1. The zero-order valence-corrected chi connectivity index (χ0v) is 15.9. The molecule has 0 spiro atoms. The van der Waals surface area contributed by atoms with Gasteiger partial charge in [0.1, 0.15) is 29.1 Å². The summed E-state index contributed by atoms with van der Waals surface area (Å²) >= 11 is 0. The highest BCUT2D eigenvalue weighted by atomic mass is 16.6. The first kappa shape index (κ1) is 19.2. The van der Waals surface area contributed by atoms with Crippen molar-refractivity contribution in [1.29, 1.82) is 5.26 Å². The lowest BCUT2D eigenvalue weighted by Gasteiger charge is -2.17. The highest BCUT2D eigenvalue weighted by Crippen LogP contribution is 2.33. The summed E-state index contributed by atoms with van der Waals surface area (Å²) in [6.07, 6.45) is 2.75. The molecule has 28 heavy (non-hydrogen) atoms. The molecule has 0 N–H and O–H groups in total. The lowest BCUT2D eigenvalue weighted by atomic mass is 9.99. The van der Waals surface area contributed by atoms with E-state index in [0.717, 1.165) is 12.0 Å². The van der Waals surface area contributed by atoms with Crippen molar-refractivity contribution in [2.24, 2.45) is 0 Å². The first-order valence-corrected chi connectivity index (χ1v) is 9.06. The first-order valence-electron chi connectivity index (χ1n) is 9.06. The van der Waals surface area contributed by atoms with E-state index in [1.165, 1.54) is 5.56 Å². The SMILES string of the molecule is C=C1Oc2cc(OCC(=O)Oc3ccc(C(C)CC)cc3)ccc2C=C1C#N. The quantitative estimate of drug-likeness (QED) is 0.525. The fourth-order valence-corrected chi connectivity index (χ4v) is 2.73. The van der Waals surface area contributed by atoms with Gasteiger partial charge in [0.15, 0.2) is 6.61 Å². The molecule has 1 aliphatic rings. The minimum Gasteiger partial charge on any atom is -0.482 e. The Morgan fingerprint density at radius 3 is 2.61 bits per heavy atom. The fraction of sp³-hybridized carbons (Fsp3) is 0.217. The number of nitrogens with zero attached hydrogens (tertiary/aromatic N) is 1. The van der Waals surface area contributed by atoms with Crippen molar-refractivity contribution in [3.05, 3.63) is 71.5 Å². The van der Waals surface area contributed by atoms with Gasteiger partial charge in [-0.1, -0.05) is 32.6 Å². The van der Waals surface area contributed by atoms with Crippen LogP contribution in [0.1, 0.15) is 37.3 Å². The standard InChI is InChI=1S/C23H21NO4/c1-4-15(2)17-5-8-20(9-6-17)28-23(25)14-26-21-10-7-18-11-19(13-24)16(3)27-22(18)12-21/h5-12,15H,3-4,14H2,1-2H3. The van der Waals surface area contributed by atoms with Crippen LogP contribution >= 0.6 is 0 Å². The number of carbonyl (C=O) groups is 1. The minimum atomic E-state index is -0.494. The molecular weight excluding hydrogens is 354 g/mol. The van der Waals surface area contributed by atoms with Gasteiger partial charge in [0.2, 0.25) is 0 Å². The van der Waals surface area contributed by atoms with Crippen molar-refractivity contribution >= 4 is 12.0 Å². The van der Waals surface area contributed by atoms with Crippen LogP contribution in [0.3, 0.4) is 0 Å². The topological polar surface area (TPSA) is 68.6 Å². The number of allylic oxidation sites excluding steroid dienone is 1. The summed E-state index contributed by atoms with van der Waals surface area (Å²) in [7, 11) is 0. The van der Waals surface area contributed by atoms with Gasteiger partial charge in [0.05, 0.1) is 5.57 Å². The van der Waals surface area contributed by atoms with Crippen LogP contribution < -0.4 is 14.2 Å². The molecule has 0 amide bonds. The van der Waals surface area contributed by atoms with E-state index in [1.807, 2.05) is 18.2 Å². The highest BCUT2D eigenvalue weighted by Gasteiger charge is 2.16. The Balaban J connectivity index is 1.58. The average molecular weight is 375 g/mol. The summed E-state index contributed by atoms with van der Waals surface area (Å²) < 4.78 is 16.3. The number of ether oxygens (including phenoxy) is 3. The Labute approximate surface area is 164 Å². The monoisotopic (exact) mass is 375 g/mol. The van der Waals surface area contributed by atoms with Crippen LogP contribution in [0.15, 0.2) is 60.4 Å². The smallest absolute Gasteiger partial charge is 0.349 e. The van der Waals surface area contributed by atoms with E-state index >= 15 is 0 Å². The summed E-state index contributed by atoms with van der Waals surface area (Å²) in [5.74, 6) is 1.73. The Bertz CT molecular complexity index is 967. The summed E-state index contributed by atoms with van der Waals surface area (Å²) in [6, 6.07) is 14.7. The normalized spacial score (nSPS) is 13.5. The van der Waals surface area contributed by atoms with Crippen LogP contribution in [0.25, 0.3) is 6.08 Å². The van der Waals surface area contributed by atoms with Gasteiger partial charge in [-0.15, -0.1) is 0 Å². The number of nitriles is 1. The predicted molar refractivity (Wildman–Crippen MR) is 106 cm³/mol. The maximum atomic E-state index is 12.0. The van der Waals surface area contributed by atoms with Crippen molar-refractivity contribution in [3.8, 4) is 23.3 Å². The molecule has 5 nitrogen and oxygen atoms in total. The molecule has 2 aromatic carbocycles. The maximum absolute atomic E-state index is 12.0. The van der Waals surface area contributed by atoms with Crippen LogP contribution in [-0.4, -0.2) is 12.6 Å². The second kappa shape index (κ2) is 8.45. The Morgan fingerprint density at radius 2 is 1.93 bits per heavy atom. The van der Waals surface area contributed by atoms with Crippen LogP contribution in [0, 0.1) is 11.3 Å². The predicted octanol–water partition coefficient (Wildman–Crippen LogP) is 5.00. The third-order valence-corrected chi connectivity index (χ3v) is 4.59. The molecule has 0 saturated heterocycles. The number of fused-ring (bicyclic) bond motifs is 1. The molecule has 1 aliphatic heterocycles. The maximum Gasteiger partial charge on any atom is 0.349 e. The summed E-state index contributed by atoms with van der Waals surface area (Å²) in [6.45, 7) is 7.77. The van der Waals surface area contributed by atoms with Crippen LogP contribution in [0.5, 0.6) is 17.2 Å². The van der Waals surface area contributed by atoms with Gasteiger partial charge in [-0.25, -0.2) is 4.79 Å². The molecule has 0 aromatic heterocycles. The van der Waals surface area contributed by atoms with Gasteiger partial charge in [-0.05, 0) is 48.2 Å². The van der Waals surface area contributed by atoms with Gasteiger partial charge < -0.3 is 14.2 Å².